The van der Waals surface area contributed by atoms with Gasteiger partial charge in [-0.05, 0) is 158 Å². The molecule has 6 fully saturated rings. The lowest BCUT2D eigenvalue weighted by Gasteiger charge is -2.59. The summed E-state index contributed by atoms with van der Waals surface area (Å²) >= 11 is 0. The first-order valence-corrected chi connectivity index (χ1v) is 22.9. The van der Waals surface area contributed by atoms with Gasteiger partial charge >= 0.3 is 0 Å². The average Bonchev–Trinajstić information content (AvgIpc) is 3.08. The third-order valence-corrected chi connectivity index (χ3v) is 18.9. The summed E-state index contributed by atoms with van der Waals surface area (Å²) in [6, 6.07) is 0. The minimum absolute atomic E-state index is 0.519. The third kappa shape index (κ3) is 7.99. The molecular formula is C48H86. The van der Waals surface area contributed by atoms with Crippen molar-refractivity contribution in [3.8, 4) is 0 Å². The van der Waals surface area contributed by atoms with Crippen molar-refractivity contribution in [1.29, 1.82) is 0 Å². The molecule has 0 heterocycles. The van der Waals surface area contributed by atoms with Crippen LogP contribution in [-0.4, -0.2) is 0 Å². The van der Waals surface area contributed by atoms with Crippen LogP contribution in [-0.2, 0) is 0 Å². The predicted octanol–water partition coefficient (Wildman–Crippen LogP) is 15.8. The van der Waals surface area contributed by atoms with Crippen molar-refractivity contribution in [2.45, 2.75) is 235 Å². The molecule has 0 heteroatoms. The molecule has 0 amide bonds. The van der Waals surface area contributed by atoms with Crippen LogP contribution in [0.25, 0.3) is 0 Å². The molecule has 0 N–H and O–H groups in total. The Bertz CT molecular complexity index is 976. The van der Waals surface area contributed by atoms with Crippen LogP contribution in [0.3, 0.4) is 0 Å². The van der Waals surface area contributed by atoms with E-state index in [9.17, 15) is 0 Å². The molecule has 0 bridgehead atoms. The third-order valence-electron chi connectivity index (χ3n) is 18.9. The number of hydrogen-bond donors (Lipinski definition) is 0. The van der Waals surface area contributed by atoms with Crippen LogP contribution in [0.15, 0.2) is 0 Å². The second-order valence-electron chi connectivity index (χ2n) is 22.1. The van der Waals surface area contributed by atoms with E-state index in [-0.39, 0.29) is 0 Å². The lowest BCUT2D eigenvalue weighted by molar-refractivity contribution is -0.0944. The fraction of sp³-hybridized carbons (Fsp3) is 1.00. The van der Waals surface area contributed by atoms with Gasteiger partial charge in [0.2, 0.25) is 0 Å². The van der Waals surface area contributed by atoms with E-state index in [2.05, 4.69) is 48.5 Å². The Kier molecular flexibility index (Phi) is 12.2. The molecule has 6 aliphatic carbocycles. The summed E-state index contributed by atoms with van der Waals surface area (Å²) in [4.78, 5) is 0. The number of rotatable bonds is 11. The van der Waals surface area contributed by atoms with E-state index in [1.807, 2.05) is 0 Å². The molecule has 7 unspecified atom stereocenters. The van der Waals surface area contributed by atoms with E-state index in [0.29, 0.717) is 27.1 Å². The van der Waals surface area contributed by atoms with Gasteiger partial charge in [-0.25, -0.2) is 0 Å². The first-order valence-electron chi connectivity index (χ1n) is 22.9. The topological polar surface area (TPSA) is 0 Å². The highest BCUT2D eigenvalue weighted by atomic mass is 14.6. The van der Waals surface area contributed by atoms with Crippen molar-refractivity contribution < 1.29 is 0 Å². The molecule has 6 aliphatic rings. The molecule has 6 rings (SSSR count). The Hall–Kier alpha value is 0. The SMILES string of the molecule is CC(CC(CC(CC(C1CCC2CCCCC2C1(C)C)C1(C)CCCCC1)C1(C)CCCCC1)C1(C)CCCCC1)C1(C)CCCCC1. The van der Waals surface area contributed by atoms with Crippen molar-refractivity contribution in [3.63, 3.8) is 0 Å². The first kappa shape index (κ1) is 37.7. The molecule has 0 nitrogen and oxygen atoms in total. The van der Waals surface area contributed by atoms with E-state index in [0.717, 1.165) is 41.4 Å². The normalized spacial score (nSPS) is 35.4. The lowest BCUT2D eigenvalue weighted by Crippen LogP contribution is -2.51. The van der Waals surface area contributed by atoms with E-state index in [1.54, 1.807) is 32.1 Å². The Morgan fingerprint density at radius 1 is 0.417 bits per heavy atom. The van der Waals surface area contributed by atoms with Crippen molar-refractivity contribution >= 4 is 0 Å². The summed E-state index contributed by atoms with van der Waals surface area (Å²) in [5, 5.41) is 0. The second kappa shape index (κ2) is 15.5. The zero-order valence-electron chi connectivity index (χ0n) is 34.0. The first-order chi connectivity index (χ1) is 22.9. The Labute approximate surface area is 302 Å². The lowest BCUT2D eigenvalue weighted by atomic mass is 9.46. The summed E-state index contributed by atoms with van der Waals surface area (Å²) in [6.07, 6.45) is 44.0. The van der Waals surface area contributed by atoms with Gasteiger partial charge in [0, 0.05) is 0 Å². The van der Waals surface area contributed by atoms with Gasteiger partial charge in [0.15, 0.2) is 0 Å². The Morgan fingerprint density at radius 2 is 0.854 bits per heavy atom. The maximum atomic E-state index is 2.85. The maximum absolute atomic E-state index is 2.85. The molecule has 6 saturated carbocycles. The van der Waals surface area contributed by atoms with Gasteiger partial charge in [-0.15, -0.1) is 0 Å². The van der Waals surface area contributed by atoms with Gasteiger partial charge in [0.25, 0.3) is 0 Å². The molecule has 48 heavy (non-hydrogen) atoms. The van der Waals surface area contributed by atoms with Crippen LogP contribution >= 0.6 is 0 Å². The highest BCUT2D eigenvalue weighted by Gasteiger charge is 2.54. The minimum atomic E-state index is 0.519. The van der Waals surface area contributed by atoms with Gasteiger partial charge in [-0.3, -0.25) is 0 Å². The highest BCUT2D eigenvalue weighted by Crippen LogP contribution is 2.63. The quantitative estimate of drug-likeness (QED) is 0.206. The molecule has 7 atom stereocenters. The molecule has 0 aromatic rings. The van der Waals surface area contributed by atoms with Crippen LogP contribution in [0.4, 0.5) is 0 Å². The van der Waals surface area contributed by atoms with Crippen LogP contribution in [0, 0.1) is 68.5 Å². The summed E-state index contributed by atoms with van der Waals surface area (Å²) in [5.74, 6) is 6.65. The van der Waals surface area contributed by atoms with Crippen LogP contribution < -0.4 is 0 Å². The second-order valence-corrected chi connectivity index (χ2v) is 22.1. The van der Waals surface area contributed by atoms with Crippen molar-refractivity contribution in [2.75, 3.05) is 0 Å². The predicted molar refractivity (Wildman–Crippen MR) is 210 cm³/mol. The van der Waals surface area contributed by atoms with Crippen LogP contribution in [0.2, 0.25) is 0 Å². The number of fused-ring (bicyclic) bond motifs is 1. The van der Waals surface area contributed by atoms with Gasteiger partial charge in [0.05, 0.1) is 0 Å². The molecule has 278 valence electrons. The van der Waals surface area contributed by atoms with E-state index >= 15 is 0 Å². The molecule has 0 aromatic heterocycles. The molecule has 0 saturated heterocycles. The maximum Gasteiger partial charge on any atom is -0.0292 e. The molecule has 0 spiro atoms. The van der Waals surface area contributed by atoms with Crippen molar-refractivity contribution in [1.82, 2.24) is 0 Å². The fourth-order valence-electron chi connectivity index (χ4n) is 15.0. The average molecular weight is 663 g/mol. The molecular weight excluding hydrogens is 577 g/mol. The summed E-state index contributed by atoms with van der Waals surface area (Å²) < 4.78 is 0. The van der Waals surface area contributed by atoms with Crippen LogP contribution in [0.5, 0.6) is 0 Å². The highest BCUT2D eigenvalue weighted by molar-refractivity contribution is 5.04. The zero-order chi connectivity index (χ0) is 34.0. The standard InChI is InChI=1S/C48H86/c1-37(45(4)26-14-8-15-27-45)34-39(46(5)28-16-9-17-29-46)35-40(47(6)30-18-10-19-31-47)36-43(48(7)32-20-11-21-33-48)42-25-24-38-22-12-13-23-41(38)44(42,2)3/h37-43H,8-36H2,1-7H3. The number of hydrogen-bond acceptors (Lipinski definition) is 0. The minimum Gasteiger partial charge on any atom is -0.0620 e. The van der Waals surface area contributed by atoms with Gasteiger partial charge in [0.1, 0.15) is 0 Å². The summed E-state index contributed by atoms with van der Waals surface area (Å²) in [6.45, 7) is 19.6. The van der Waals surface area contributed by atoms with E-state index in [1.165, 1.54) is 154 Å². The van der Waals surface area contributed by atoms with Gasteiger partial charge < -0.3 is 0 Å². The van der Waals surface area contributed by atoms with Gasteiger partial charge in [-0.1, -0.05) is 145 Å². The Balaban J connectivity index is 1.35. The largest absolute Gasteiger partial charge is 0.0620 e. The summed E-state index contributed by atoms with van der Waals surface area (Å²) in [5.41, 5.74) is 2.81. The van der Waals surface area contributed by atoms with E-state index in [4.69, 9.17) is 0 Å². The molecule has 0 aliphatic heterocycles. The van der Waals surface area contributed by atoms with Crippen molar-refractivity contribution in [3.05, 3.63) is 0 Å². The monoisotopic (exact) mass is 663 g/mol. The van der Waals surface area contributed by atoms with Gasteiger partial charge in [-0.2, -0.15) is 0 Å². The smallest absolute Gasteiger partial charge is 0.0292 e. The molecule has 0 radical (unpaired) electrons. The summed E-state index contributed by atoms with van der Waals surface area (Å²) in [7, 11) is 0. The van der Waals surface area contributed by atoms with E-state index < -0.39 is 0 Å². The molecule has 0 aromatic carbocycles. The van der Waals surface area contributed by atoms with Crippen molar-refractivity contribution in [2.24, 2.45) is 68.5 Å². The zero-order valence-corrected chi connectivity index (χ0v) is 34.0. The Morgan fingerprint density at radius 3 is 1.38 bits per heavy atom. The fourth-order valence-corrected chi connectivity index (χ4v) is 15.0. The van der Waals surface area contributed by atoms with Crippen LogP contribution in [0.1, 0.15) is 235 Å².